The molecule has 2 nitrogen and oxygen atoms in total. The van der Waals surface area contributed by atoms with Crippen LogP contribution in [0.5, 0.6) is 0 Å². The average Bonchev–Trinajstić information content (AvgIpc) is 1.89. The molecule has 0 heterocycles. The van der Waals surface area contributed by atoms with E-state index in [1.807, 2.05) is 0 Å². The molecule has 0 aliphatic heterocycles. The first-order chi connectivity index (χ1) is 4.31. The predicted molar refractivity (Wildman–Crippen MR) is 39.0 cm³/mol. The Morgan fingerprint density at radius 2 is 2.11 bits per heavy atom. The first-order valence-corrected chi connectivity index (χ1v) is 4.66. The van der Waals surface area contributed by atoms with Crippen molar-refractivity contribution in [1.82, 2.24) is 0 Å². The lowest BCUT2D eigenvalue weighted by atomic mass is 10.3. The molecule has 0 bridgehead atoms. The van der Waals surface area contributed by atoms with Crippen LogP contribution in [0.3, 0.4) is 0 Å². The number of unbranched alkanes of at least 4 members (excludes halogenated alkanes) is 2. The molecular formula is C6H14O2P. The zero-order valence-electron chi connectivity index (χ0n) is 6.09. The Morgan fingerprint density at radius 3 is 2.56 bits per heavy atom. The normalized spacial score (nSPS) is 11.6. The number of rotatable bonds is 5. The van der Waals surface area contributed by atoms with E-state index in [2.05, 4.69) is 11.4 Å². The van der Waals surface area contributed by atoms with Crippen molar-refractivity contribution in [3.63, 3.8) is 0 Å². The van der Waals surface area contributed by atoms with Crippen LogP contribution >= 0.6 is 8.03 Å². The molecular weight excluding hydrogens is 135 g/mol. The minimum absolute atomic E-state index is 0.722. The van der Waals surface area contributed by atoms with E-state index in [9.17, 15) is 4.57 Å². The minimum atomic E-state index is -1.34. The molecule has 0 aliphatic carbocycles. The number of hydrogen-bond donors (Lipinski definition) is 0. The van der Waals surface area contributed by atoms with E-state index in [0.717, 1.165) is 19.0 Å². The molecule has 0 fully saturated rings. The maximum absolute atomic E-state index is 10.6. The summed E-state index contributed by atoms with van der Waals surface area (Å²) in [6.07, 6.45) is 4.08. The summed E-state index contributed by atoms with van der Waals surface area (Å²) in [4.78, 5) is 0. The van der Waals surface area contributed by atoms with Gasteiger partial charge in [-0.15, -0.1) is 0 Å². The van der Waals surface area contributed by atoms with Crippen molar-refractivity contribution >= 4 is 8.03 Å². The van der Waals surface area contributed by atoms with Crippen LogP contribution in [-0.4, -0.2) is 13.3 Å². The highest BCUT2D eigenvalue weighted by atomic mass is 31.1. The quantitative estimate of drug-likeness (QED) is 0.443. The Kier molecular flexibility index (Phi) is 6.23. The Hall–Kier alpha value is 0.0600. The third-order valence-electron chi connectivity index (χ3n) is 1.15. The smallest absolute Gasteiger partial charge is 0.212 e. The van der Waals surface area contributed by atoms with Gasteiger partial charge >= 0.3 is 0 Å². The third-order valence-corrected chi connectivity index (χ3v) is 2.24. The fourth-order valence-corrected chi connectivity index (χ4v) is 1.25. The molecule has 9 heavy (non-hydrogen) atoms. The number of hydrogen-bond acceptors (Lipinski definition) is 2. The van der Waals surface area contributed by atoms with Crippen LogP contribution in [0.15, 0.2) is 0 Å². The molecule has 0 aromatic rings. The molecule has 0 saturated carbocycles. The molecule has 0 spiro atoms. The Balaban J connectivity index is 2.97. The maximum Gasteiger partial charge on any atom is 0.212 e. The second-order valence-electron chi connectivity index (χ2n) is 1.95. The van der Waals surface area contributed by atoms with E-state index in [4.69, 9.17) is 0 Å². The summed E-state index contributed by atoms with van der Waals surface area (Å²) < 4.78 is 15.2. The van der Waals surface area contributed by atoms with E-state index >= 15 is 0 Å². The van der Waals surface area contributed by atoms with Gasteiger partial charge in [-0.25, -0.2) is 0 Å². The van der Waals surface area contributed by atoms with Gasteiger partial charge in [0.15, 0.2) is 0 Å². The van der Waals surface area contributed by atoms with Crippen LogP contribution in [0.4, 0.5) is 0 Å². The standard InChI is InChI=1S/C6H14O2P/c1-3-4-5-6-9(7)8-2/h3-6H2,1-2H3. The fraction of sp³-hybridized carbons (Fsp3) is 1.00. The van der Waals surface area contributed by atoms with Crippen molar-refractivity contribution in [2.24, 2.45) is 0 Å². The molecule has 55 valence electrons. The summed E-state index contributed by atoms with van der Waals surface area (Å²) in [6, 6.07) is 0. The van der Waals surface area contributed by atoms with E-state index in [-0.39, 0.29) is 0 Å². The van der Waals surface area contributed by atoms with Gasteiger partial charge in [-0.1, -0.05) is 19.8 Å². The molecule has 0 N–H and O–H groups in total. The van der Waals surface area contributed by atoms with Gasteiger partial charge in [0.25, 0.3) is 0 Å². The van der Waals surface area contributed by atoms with Gasteiger partial charge in [-0.3, -0.25) is 4.57 Å². The highest BCUT2D eigenvalue weighted by Gasteiger charge is 1.95. The largest absolute Gasteiger partial charge is 0.307 e. The summed E-state index contributed by atoms with van der Waals surface area (Å²) in [5, 5.41) is 0. The van der Waals surface area contributed by atoms with Crippen molar-refractivity contribution in [3.8, 4) is 0 Å². The molecule has 1 radical (unpaired) electrons. The van der Waals surface area contributed by atoms with Gasteiger partial charge < -0.3 is 4.52 Å². The average molecular weight is 149 g/mol. The van der Waals surface area contributed by atoms with E-state index < -0.39 is 8.03 Å². The van der Waals surface area contributed by atoms with Crippen molar-refractivity contribution in [2.45, 2.75) is 26.2 Å². The van der Waals surface area contributed by atoms with E-state index in [0.29, 0.717) is 0 Å². The molecule has 0 saturated heterocycles. The lowest BCUT2D eigenvalue weighted by Gasteiger charge is -1.94. The van der Waals surface area contributed by atoms with Crippen molar-refractivity contribution in [3.05, 3.63) is 0 Å². The molecule has 3 heteroatoms. The van der Waals surface area contributed by atoms with Crippen LogP contribution in [0.2, 0.25) is 0 Å². The lowest BCUT2D eigenvalue weighted by Crippen LogP contribution is -1.79. The third kappa shape index (κ3) is 5.94. The molecule has 1 unspecified atom stereocenters. The van der Waals surface area contributed by atoms with Crippen molar-refractivity contribution < 1.29 is 9.09 Å². The van der Waals surface area contributed by atoms with Crippen molar-refractivity contribution in [1.29, 1.82) is 0 Å². The molecule has 0 aromatic carbocycles. The SMILES string of the molecule is CCCCC[P](=O)OC. The topological polar surface area (TPSA) is 26.3 Å². The van der Waals surface area contributed by atoms with Crippen LogP contribution in [-0.2, 0) is 9.09 Å². The summed E-state index contributed by atoms with van der Waals surface area (Å²) in [7, 11) is 0.151. The van der Waals surface area contributed by atoms with Gasteiger partial charge in [0.05, 0.1) is 0 Å². The second-order valence-corrected chi connectivity index (χ2v) is 3.42. The molecule has 0 rings (SSSR count). The predicted octanol–water partition coefficient (Wildman–Crippen LogP) is 2.57. The highest BCUT2D eigenvalue weighted by molar-refractivity contribution is 7.39. The highest BCUT2D eigenvalue weighted by Crippen LogP contribution is 2.21. The zero-order chi connectivity index (χ0) is 7.11. The van der Waals surface area contributed by atoms with Crippen LogP contribution in [0.25, 0.3) is 0 Å². The molecule has 0 aromatic heterocycles. The van der Waals surface area contributed by atoms with Gasteiger partial charge in [-0.05, 0) is 6.42 Å². The lowest BCUT2D eigenvalue weighted by molar-refractivity contribution is 0.413. The first kappa shape index (κ1) is 9.06. The zero-order valence-corrected chi connectivity index (χ0v) is 6.99. The maximum atomic E-state index is 10.6. The van der Waals surface area contributed by atoms with Gasteiger partial charge in [0.2, 0.25) is 8.03 Å². The Morgan fingerprint density at radius 1 is 1.44 bits per heavy atom. The summed E-state index contributed by atoms with van der Waals surface area (Å²) >= 11 is 0. The van der Waals surface area contributed by atoms with Crippen LogP contribution in [0.1, 0.15) is 26.2 Å². The molecule has 1 atom stereocenters. The minimum Gasteiger partial charge on any atom is -0.307 e. The summed E-state index contributed by atoms with van der Waals surface area (Å²) in [6.45, 7) is 2.12. The first-order valence-electron chi connectivity index (χ1n) is 3.30. The monoisotopic (exact) mass is 149 g/mol. The van der Waals surface area contributed by atoms with Crippen LogP contribution in [0, 0.1) is 0 Å². The van der Waals surface area contributed by atoms with Gasteiger partial charge in [0.1, 0.15) is 0 Å². The van der Waals surface area contributed by atoms with E-state index in [1.54, 1.807) is 0 Å². The second kappa shape index (κ2) is 6.18. The summed E-state index contributed by atoms with van der Waals surface area (Å²) in [5.74, 6) is 0. The van der Waals surface area contributed by atoms with Gasteiger partial charge in [0, 0.05) is 13.3 Å². The van der Waals surface area contributed by atoms with E-state index in [1.165, 1.54) is 13.5 Å². The molecule has 0 amide bonds. The van der Waals surface area contributed by atoms with Crippen molar-refractivity contribution in [2.75, 3.05) is 13.3 Å². The van der Waals surface area contributed by atoms with Crippen LogP contribution < -0.4 is 0 Å². The van der Waals surface area contributed by atoms with Gasteiger partial charge in [-0.2, -0.15) is 0 Å². The Bertz CT molecular complexity index is 83.1. The molecule has 0 aliphatic rings. The summed E-state index contributed by atoms with van der Waals surface area (Å²) in [5.41, 5.74) is 0. The fourth-order valence-electron chi connectivity index (χ4n) is 0.582. The Labute approximate surface area is 57.5 Å².